The monoisotopic (exact) mass is 270 g/mol. The van der Waals surface area contributed by atoms with Crippen molar-refractivity contribution in [3.8, 4) is 0 Å². The molecule has 5 heteroatoms. The first-order valence-corrected chi connectivity index (χ1v) is 8.07. The number of aliphatic hydroxyl groups excluding tert-OH is 1. The maximum atomic E-state index is 11.5. The summed E-state index contributed by atoms with van der Waals surface area (Å²) < 4.78 is 23.9. The number of sulfone groups is 1. The van der Waals surface area contributed by atoms with Crippen LogP contribution in [0.2, 0.25) is 0 Å². The summed E-state index contributed by atoms with van der Waals surface area (Å²) in [5, 5.41) is 12.3. The second-order valence-electron chi connectivity index (χ2n) is 4.17. The molecule has 2 unspecified atom stereocenters. The average molecular weight is 270 g/mol. The number of hydrogen-bond acceptors (Lipinski definition) is 4. The molecule has 0 aliphatic heterocycles. The fraction of sp³-hybridized carbons (Fsp3) is 0.333. The van der Waals surface area contributed by atoms with Gasteiger partial charge in [-0.3, -0.25) is 0 Å². The Balaban J connectivity index is 2.50. The molecule has 0 radical (unpaired) electrons. The van der Waals surface area contributed by atoms with E-state index in [0.717, 1.165) is 16.3 Å². The number of benzene rings is 1. The van der Waals surface area contributed by atoms with Gasteiger partial charge in [0.1, 0.15) is 0 Å². The van der Waals surface area contributed by atoms with Crippen molar-refractivity contribution in [2.45, 2.75) is 18.3 Å². The summed E-state index contributed by atoms with van der Waals surface area (Å²) in [6.45, 7) is 1.53. The van der Waals surface area contributed by atoms with Crippen molar-refractivity contribution < 1.29 is 13.5 Å². The first-order chi connectivity index (χ1) is 7.91. The van der Waals surface area contributed by atoms with Crippen LogP contribution in [0.5, 0.6) is 0 Å². The predicted octanol–water partition coefficient (Wildman–Crippen LogP) is 2.37. The molecule has 17 heavy (non-hydrogen) atoms. The van der Waals surface area contributed by atoms with Gasteiger partial charge in [-0.1, -0.05) is 18.2 Å². The molecule has 0 amide bonds. The topological polar surface area (TPSA) is 54.4 Å². The highest BCUT2D eigenvalue weighted by molar-refractivity contribution is 7.91. The van der Waals surface area contributed by atoms with Crippen LogP contribution in [0.1, 0.15) is 18.6 Å². The van der Waals surface area contributed by atoms with Crippen molar-refractivity contribution >= 4 is 31.3 Å². The van der Waals surface area contributed by atoms with Gasteiger partial charge in [-0.15, -0.1) is 11.3 Å². The zero-order chi connectivity index (χ0) is 12.6. The highest BCUT2D eigenvalue weighted by atomic mass is 32.2. The van der Waals surface area contributed by atoms with Crippen LogP contribution < -0.4 is 0 Å². The fourth-order valence-corrected chi connectivity index (χ4v) is 3.30. The predicted molar refractivity (Wildman–Crippen MR) is 71.1 cm³/mol. The minimum Gasteiger partial charge on any atom is -0.387 e. The van der Waals surface area contributed by atoms with Crippen LogP contribution in [0, 0.1) is 0 Å². The summed E-state index contributed by atoms with van der Waals surface area (Å²) >= 11 is 1.52. The van der Waals surface area contributed by atoms with Crippen LogP contribution in [-0.2, 0) is 9.84 Å². The van der Waals surface area contributed by atoms with Crippen molar-refractivity contribution in [2.75, 3.05) is 6.26 Å². The van der Waals surface area contributed by atoms with Crippen molar-refractivity contribution in [2.24, 2.45) is 0 Å². The maximum Gasteiger partial charge on any atom is 0.152 e. The van der Waals surface area contributed by atoms with Crippen LogP contribution in [0.4, 0.5) is 0 Å². The first kappa shape index (κ1) is 12.5. The van der Waals surface area contributed by atoms with Crippen LogP contribution >= 0.6 is 11.3 Å². The molecule has 2 rings (SSSR count). The van der Waals surface area contributed by atoms with Crippen LogP contribution in [-0.4, -0.2) is 25.0 Å². The summed E-state index contributed by atoms with van der Waals surface area (Å²) in [5.74, 6) is 0. The molecule has 0 spiro atoms. The largest absolute Gasteiger partial charge is 0.387 e. The third kappa shape index (κ3) is 2.36. The lowest BCUT2D eigenvalue weighted by Gasteiger charge is -2.18. The standard InChI is InChI=1S/C12H14O3S2/c1-8(17(2,14)15)11(13)10-5-3-4-9-6-7-16-12(9)10/h3-8,11,13H,1-2H3. The van der Waals surface area contributed by atoms with E-state index in [1.54, 1.807) is 6.07 Å². The van der Waals surface area contributed by atoms with E-state index in [9.17, 15) is 13.5 Å². The smallest absolute Gasteiger partial charge is 0.152 e. The zero-order valence-corrected chi connectivity index (χ0v) is 11.3. The number of rotatable bonds is 3. The van der Waals surface area contributed by atoms with Gasteiger partial charge in [-0.05, 0) is 29.3 Å². The highest BCUT2D eigenvalue weighted by Gasteiger charge is 2.26. The lowest BCUT2D eigenvalue weighted by atomic mass is 10.1. The first-order valence-electron chi connectivity index (χ1n) is 5.24. The number of fused-ring (bicyclic) bond motifs is 1. The summed E-state index contributed by atoms with van der Waals surface area (Å²) in [7, 11) is -3.25. The second-order valence-corrected chi connectivity index (χ2v) is 7.48. The molecule has 1 N–H and O–H groups in total. The van der Waals surface area contributed by atoms with E-state index in [1.807, 2.05) is 23.6 Å². The maximum absolute atomic E-state index is 11.5. The number of thiophene rings is 1. The van der Waals surface area contributed by atoms with E-state index >= 15 is 0 Å². The Morgan fingerprint density at radius 1 is 1.29 bits per heavy atom. The highest BCUT2D eigenvalue weighted by Crippen LogP contribution is 2.31. The van der Waals surface area contributed by atoms with Gasteiger partial charge in [0.2, 0.25) is 0 Å². The summed E-state index contributed by atoms with van der Waals surface area (Å²) in [6, 6.07) is 7.53. The zero-order valence-electron chi connectivity index (χ0n) is 9.62. The van der Waals surface area contributed by atoms with E-state index in [4.69, 9.17) is 0 Å². The SMILES string of the molecule is CC(C(O)c1cccc2ccsc12)S(C)(=O)=O. The van der Waals surface area contributed by atoms with Gasteiger partial charge in [0.05, 0.1) is 11.4 Å². The quantitative estimate of drug-likeness (QED) is 0.931. The van der Waals surface area contributed by atoms with Gasteiger partial charge in [0.25, 0.3) is 0 Å². The molecule has 0 bridgehead atoms. The fourth-order valence-electron chi connectivity index (χ4n) is 1.74. The molecule has 2 aromatic rings. The molecule has 0 saturated heterocycles. The molecule has 0 fully saturated rings. The van der Waals surface area contributed by atoms with E-state index < -0.39 is 21.2 Å². The van der Waals surface area contributed by atoms with Gasteiger partial charge < -0.3 is 5.11 Å². The van der Waals surface area contributed by atoms with E-state index in [-0.39, 0.29) is 0 Å². The van der Waals surface area contributed by atoms with Crippen LogP contribution in [0.25, 0.3) is 10.1 Å². The summed E-state index contributed by atoms with van der Waals surface area (Å²) in [5.41, 5.74) is 0.690. The summed E-state index contributed by atoms with van der Waals surface area (Å²) in [4.78, 5) is 0. The van der Waals surface area contributed by atoms with Crippen molar-refractivity contribution in [1.82, 2.24) is 0 Å². The molecule has 92 valence electrons. The van der Waals surface area contributed by atoms with Gasteiger partial charge in [-0.25, -0.2) is 8.42 Å². The van der Waals surface area contributed by atoms with Crippen LogP contribution in [0.3, 0.4) is 0 Å². The second kappa shape index (κ2) is 4.40. The van der Waals surface area contributed by atoms with E-state index in [0.29, 0.717) is 5.56 Å². The van der Waals surface area contributed by atoms with Gasteiger partial charge >= 0.3 is 0 Å². The molecule has 3 nitrogen and oxygen atoms in total. The van der Waals surface area contributed by atoms with Crippen molar-refractivity contribution in [3.63, 3.8) is 0 Å². The van der Waals surface area contributed by atoms with Gasteiger partial charge in [-0.2, -0.15) is 0 Å². The number of aliphatic hydroxyl groups is 1. The Bertz CT molecular complexity index is 628. The third-order valence-corrected chi connectivity index (χ3v) is 5.54. The molecule has 0 aliphatic carbocycles. The summed E-state index contributed by atoms with van der Waals surface area (Å²) in [6.07, 6.45) is 0.169. The molecule has 1 heterocycles. The van der Waals surface area contributed by atoms with Gasteiger partial charge in [0, 0.05) is 11.0 Å². The van der Waals surface area contributed by atoms with Crippen LogP contribution in [0.15, 0.2) is 29.6 Å². The van der Waals surface area contributed by atoms with Gasteiger partial charge in [0.15, 0.2) is 9.84 Å². The molecular formula is C12H14O3S2. The number of hydrogen-bond donors (Lipinski definition) is 1. The third-order valence-electron chi connectivity index (χ3n) is 2.95. The van der Waals surface area contributed by atoms with E-state index in [2.05, 4.69) is 0 Å². The Kier molecular flexibility index (Phi) is 3.25. The lowest BCUT2D eigenvalue weighted by molar-refractivity contribution is 0.178. The van der Waals surface area contributed by atoms with Crippen molar-refractivity contribution in [1.29, 1.82) is 0 Å². The lowest BCUT2D eigenvalue weighted by Crippen LogP contribution is -2.24. The molecule has 2 atom stereocenters. The molecule has 0 saturated carbocycles. The van der Waals surface area contributed by atoms with Crippen molar-refractivity contribution in [3.05, 3.63) is 35.2 Å². The Morgan fingerprint density at radius 2 is 2.00 bits per heavy atom. The van der Waals surface area contributed by atoms with E-state index in [1.165, 1.54) is 18.3 Å². The Morgan fingerprint density at radius 3 is 2.65 bits per heavy atom. The minimum absolute atomic E-state index is 0.690. The molecule has 1 aromatic carbocycles. The normalized spacial score (nSPS) is 15.9. The minimum atomic E-state index is -3.25. The average Bonchev–Trinajstić information content (AvgIpc) is 2.73. The Hall–Kier alpha value is -0.910. The molecular weight excluding hydrogens is 256 g/mol. The molecule has 0 aliphatic rings. The molecule has 1 aromatic heterocycles. The Labute approximate surface area is 105 Å².